The highest BCUT2D eigenvalue weighted by Crippen LogP contribution is 2.36. The van der Waals surface area contributed by atoms with Gasteiger partial charge in [0.25, 0.3) is 0 Å². The molecule has 0 N–H and O–H groups in total. The van der Waals surface area contributed by atoms with Crippen LogP contribution in [-0.2, 0) is 0 Å². The van der Waals surface area contributed by atoms with E-state index in [1.54, 1.807) is 0 Å². The lowest BCUT2D eigenvalue weighted by Crippen LogP contribution is -2.19. The monoisotopic (exact) mass is 364 g/mol. The first kappa shape index (κ1) is 13.7. The number of alkyl halides is 3. The minimum atomic E-state index is -5.03. The minimum absolute atomic E-state index is 0.126. The van der Waals surface area contributed by atoms with Crippen LogP contribution in [0, 0.1) is 13.7 Å². The van der Waals surface area contributed by atoms with Gasteiger partial charge in [0.1, 0.15) is 0 Å². The van der Waals surface area contributed by atoms with Crippen molar-refractivity contribution in [2.75, 3.05) is 7.11 Å². The number of nitro groups is 1. The fourth-order valence-corrected chi connectivity index (χ4v) is 1.52. The molecule has 0 aromatic carbocycles. The van der Waals surface area contributed by atoms with Gasteiger partial charge in [-0.05, 0) is 27.5 Å². The van der Waals surface area contributed by atoms with Crippen molar-refractivity contribution >= 4 is 28.4 Å². The van der Waals surface area contributed by atoms with Crippen molar-refractivity contribution in [1.82, 2.24) is 4.98 Å². The molecule has 0 amide bonds. The van der Waals surface area contributed by atoms with E-state index in [1.807, 2.05) is 0 Å². The molecule has 0 atom stereocenters. The lowest BCUT2D eigenvalue weighted by atomic mass is 10.4. The van der Waals surface area contributed by atoms with E-state index in [0.717, 1.165) is 6.07 Å². The van der Waals surface area contributed by atoms with Gasteiger partial charge in [-0.2, -0.15) is 0 Å². The summed E-state index contributed by atoms with van der Waals surface area (Å²) in [5, 5.41) is 10.6. The van der Waals surface area contributed by atoms with Gasteiger partial charge in [-0.25, -0.2) is 0 Å². The van der Waals surface area contributed by atoms with Crippen molar-refractivity contribution in [1.29, 1.82) is 0 Å². The van der Waals surface area contributed by atoms with E-state index in [1.165, 1.54) is 29.7 Å². The first-order valence-corrected chi connectivity index (χ1v) is 4.97. The van der Waals surface area contributed by atoms with Crippen molar-refractivity contribution < 1.29 is 27.6 Å². The van der Waals surface area contributed by atoms with E-state index in [9.17, 15) is 23.3 Å². The zero-order valence-corrected chi connectivity index (χ0v) is 10.3. The third-order valence-corrected chi connectivity index (χ3v) is 2.29. The zero-order valence-electron chi connectivity index (χ0n) is 8.12. The number of pyridine rings is 1. The summed E-state index contributed by atoms with van der Waals surface area (Å²) in [6.07, 6.45) is -5.03. The van der Waals surface area contributed by atoms with Gasteiger partial charge in [-0.3, -0.25) is 0 Å². The molecule has 0 radical (unpaired) electrons. The first-order valence-electron chi connectivity index (χ1n) is 3.89. The van der Waals surface area contributed by atoms with Crippen LogP contribution in [0.2, 0.25) is 0 Å². The highest BCUT2D eigenvalue weighted by Gasteiger charge is 2.37. The molecular formula is C7H4F3IN2O4. The Morgan fingerprint density at radius 1 is 1.53 bits per heavy atom. The number of hydrogen-bond donors (Lipinski definition) is 0. The zero-order chi connectivity index (χ0) is 13.2. The van der Waals surface area contributed by atoms with Crippen LogP contribution in [0.5, 0.6) is 11.6 Å². The van der Waals surface area contributed by atoms with E-state index in [0.29, 0.717) is 0 Å². The Kier molecular flexibility index (Phi) is 3.95. The largest absolute Gasteiger partial charge is 0.573 e. The van der Waals surface area contributed by atoms with Gasteiger partial charge in [0, 0.05) is 11.1 Å². The Balaban J connectivity index is 3.32. The predicted octanol–water partition coefficient (Wildman–Crippen LogP) is 2.50. The van der Waals surface area contributed by atoms with E-state index in [4.69, 9.17) is 0 Å². The van der Waals surface area contributed by atoms with Crippen LogP contribution in [0.15, 0.2) is 6.07 Å². The summed E-state index contributed by atoms with van der Waals surface area (Å²) >= 11 is 1.46. The maximum atomic E-state index is 12.0. The summed E-state index contributed by atoms with van der Waals surface area (Å²) in [5.74, 6) is -2.18. The summed E-state index contributed by atoms with van der Waals surface area (Å²) in [5.41, 5.74) is 0. The molecule has 6 nitrogen and oxygen atoms in total. The quantitative estimate of drug-likeness (QED) is 0.468. The topological polar surface area (TPSA) is 74.5 Å². The third kappa shape index (κ3) is 3.57. The van der Waals surface area contributed by atoms with Crippen LogP contribution < -0.4 is 9.47 Å². The Morgan fingerprint density at radius 2 is 2.12 bits per heavy atom. The molecule has 1 heterocycles. The van der Waals surface area contributed by atoms with Crippen molar-refractivity contribution in [2.45, 2.75) is 6.36 Å². The predicted molar refractivity (Wildman–Crippen MR) is 56.8 cm³/mol. The molecule has 0 aliphatic carbocycles. The summed E-state index contributed by atoms with van der Waals surface area (Å²) in [6.45, 7) is 0. The molecular weight excluding hydrogens is 360 g/mol. The molecule has 0 aliphatic heterocycles. The second kappa shape index (κ2) is 4.89. The van der Waals surface area contributed by atoms with Crippen molar-refractivity contribution in [3.8, 4) is 11.6 Å². The van der Waals surface area contributed by atoms with Gasteiger partial charge in [0.15, 0.2) is 0 Å². The lowest BCUT2D eigenvalue weighted by molar-refractivity contribution is -0.393. The van der Waals surface area contributed by atoms with Crippen molar-refractivity contribution in [2.24, 2.45) is 0 Å². The molecule has 0 saturated carbocycles. The lowest BCUT2D eigenvalue weighted by Gasteiger charge is -2.10. The molecule has 1 aromatic heterocycles. The number of hydrogen-bond acceptors (Lipinski definition) is 5. The van der Waals surface area contributed by atoms with Crippen molar-refractivity contribution in [3.63, 3.8) is 0 Å². The normalized spacial score (nSPS) is 11.1. The van der Waals surface area contributed by atoms with E-state index >= 15 is 0 Å². The molecule has 0 spiro atoms. The molecule has 0 aliphatic rings. The minimum Gasteiger partial charge on any atom is -0.463 e. The van der Waals surface area contributed by atoms with Gasteiger partial charge >= 0.3 is 18.1 Å². The number of aromatic nitrogens is 1. The SMILES string of the molecule is COc1cc(I)c(OC(F)(F)F)c([N+](=O)[O-])n1. The van der Waals surface area contributed by atoms with E-state index in [-0.39, 0.29) is 9.45 Å². The maximum absolute atomic E-state index is 12.0. The fraction of sp³-hybridized carbons (Fsp3) is 0.286. The third-order valence-electron chi connectivity index (χ3n) is 1.49. The summed E-state index contributed by atoms with van der Waals surface area (Å²) in [7, 11) is 1.19. The van der Waals surface area contributed by atoms with Crippen LogP contribution in [0.25, 0.3) is 0 Å². The van der Waals surface area contributed by atoms with Gasteiger partial charge in [0.05, 0.1) is 10.7 Å². The fourth-order valence-electron chi connectivity index (χ4n) is 0.907. The standard InChI is InChI=1S/C7H4F3IN2O4/c1-16-4-2-3(11)5(17-7(8,9)10)6(12-4)13(14)15/h2H,1H3. The first-order chi connectivity index (χ1) is 7.74. The summed E-state index contributed by atoms with van der Waals surface area (Å²) in [4.78, 5) is 12.8. The molecule has 0 saturated heterocycles. The highest BCUT2D eigenvalue weighted by atomic mass is 127. The van der Waals surface area contributed by atoms with Crippen LogP contribution in [-0.4, -0.2) is 23.4 Å². The Hall–Kier alpha value is -1.33. The summed E-state index contributed by atoms with van der Waals surface area (Å²) in [6, 6.07) is 1.09. The van der Waals surface area contributed by atoms with Crippen LogP contribution >= 0.6 is 22.6 Å². The average Bonchev–Trinajstić information content (AvgIpc) is 2.18. The summed E-state index contributed by atoms with van der Waals surface area (Å²) < 4.78 is 44.2. The number of rotatable bonds is 3. The van der Waals surface area contributed by atoms with Crippen LogP contribution in [0.3, 0.4) is 0 Å². The Labute approximate surface area is 106 Å². The molecule has 0 bridgehead atoms. The maximum Gasteiger partial charge on any atom is 0.573 e. The van der Waals surface area contributed by atoms with Crippen LogP contribution in [0.1, 0.15) is 0 Å². The second-order valence-electron chi connectivity index (χ2n) is 2.60. The van der Waals surface area contributed by atoms with Gasteiger partial charge < -0.3 is 19.6 Å². The highest BCUT2D eigenvalue weighted by molar-refractivity contribution is 14.1. The van der Waals surface area contributed by atoms with Crippen molar-refractivity contribution in [3.05, 3.63) is 19.8 Å². The smallest absolute Gasteiger partial charge is 0.463 e. The van der Waals surface area contributed by atoms with Gasteiger partial charge in [0.2, 0.25) is 5.75 Å². The van der Waals surface area contributed by atoms with Crippen LogP contribution in [0.4, 0.5) is 19.0 Å². The van der Waals surface area contributed by atoms with E-state index in [2.05, 4.69) is 14.5 Å². The molecule has 0 fully saturated rings. The van der Waals surface area contributed by atoms with Gasteiger partial charge in [-0.1, -0.05) is 0 Å². The number of halogens is 4. The van der Waals surface area contributed by atoms with E-state index < -0.39 is 22.9 Å². The Bertz CT molecular complexity index is 451. The molecule has 0 unspecified atom stereocenters. The molecule has 1 rings (SSSR count). The molecule has 10 heteroatoms. The number of methoxy groups -OCH3 is 1. The Morgan fingerprint density at radius 3 is 2.53 bits per heavy atom. The number of nitrogens with zero attached hydrogens (tertiary/aromatic N) is 2. The second-order valence-corrected chi connectivity index (χ2v) is 3.77. The molecule has 17 heavy (non-hydrogen) atoms. The average molecular weight is 364 g/mol. The molecule has 1 aromatic rings. The molecule has 94 valence electrons. The van der Waals surface area contributed by atoms with Gasteiger partial charge in [-0.15, -0.1) is 13.2 Å². The number of ether oxygens (including phenoxy) is 2.